The van der Waals surface area contributed by atoms with Gasteiger partial charge in [-0.15, -0.1) is 0 Å². The molecule has 3 saturated carbocycles. The number of rotatable bonds is 2. The number of likely N-dealkylation sites (tertiary alicyclic amines) is 1. The number of amides is 1. The molecule has 1 aliphatic heterocycles. The molecular formula is C26H45NO. The first-order valence-electron chi connectivity index (χ1n) is 13.2. The molecule has 2 nitrogen and oxygen atoms in total. The van der Waals surface area contributed by atoms with Gasteiger partial charge >= 0.3 is 0 Å². The molecule has 3 atom stereocenters. The molecule has 4 fully saturated rings. The van der Waals surface area contributed by atoms with Crippen molar-refractivity contribution >= 4 is 5.91 Å². The van der Waals surface area contributed by atoms with Crippen molar-refractivity contribution in [1.29, 1.82) is 0 Å². The second-order valence-corrected chi connectivity index (χ2v) is 10.6. The molecule has 0 radical (unpaired) electrons. The Morgan fingerprint density at radius 3 is 1.61 bits per heavy atom. The number of fused-ring (bicyclic) bond motifs is 1. The van der Waals surface area contributed by atoms with Crippen molar-refractivity contribution in [2.75, 3.05) is 0 Å². The van der Waals surface area contributed by atoms with E-state index in [1.807, 2.05) is 0 Å². The molecule has 0 bridgehead atoms. The molecule has 0 aromatic heterocycles. The van der Waals surface area contributed by atoms with E-state index in [1.165, 1.54) is 128 Å². The molecule has 0 aromatic rings. The fourth-order valence-corrected chi connectivity index (χ4v) is 7.32. The zero-order valence-corrected chi connectivity index (χ0v) is 18.4. The van der Waals surface area contributed by atoms with Gasteiger partial charge in [0.2, 0.25) is 5.91 Å². The number of carbonyl (C=O) groups is 1. The predicted molar refractivity (Wildman–Crippen MR) is 117 cm³/mol. The predicted octanol–water partition coefficient (Wildman–Crippen LogP) is 7.26. The van der Waals surface area contributed by atoms with Crippen LogP contribution in [0, 0.1) is 17.8 Å². The molecular weight excluding hydrogens is 342 g/mol. The fourth-order valence-electron chi connectivity index (χ4n) is 7.32. The van der Waals surface area contributed by atoms with Crippen LogP contribution in [0.15, 0.2) is 0 Å². The van der Waals surface area contributed by atoms with Crippen molar-refractivity contribution in [1.82, 2.24) is 4.90 Å². The summed E-state index contributed by atoms with van der Waals surface area (Å²) in [7, 11) is 0. The van der Waals surface area contributed by atoms with E-state index >= 15 is 0 Å². The molecule has 3 aliphatic carbocycles. The van der Waals surface area contributed by atoms with Crippen LogP contribution in [0.3, 0.4) is 0 Å². The minimum Gasteiger partial charge on any atom is -0.336 e. The summed E-state index contributed by atoms with van der Waals surface area (Å²) in [6, 6.07) is 1.16. The Bertz CT molecular complexity index is 473. The van der Waals surface area contributed by atoms with E-state index < -0.39 is 0 Å². The van der Waals surface area contributed by atoms with Crippen LogP contribution in [0.1, 0.15) is 128 Å². The topological polar surface area (TPSA) is 20.3 Å². The lowest BCUT2D eigenvalue weighted by Gasteiger charge is -2.41. The van der Waals surface area contributed by atoms with Crippen molar-refractivity contribution in [3.8, 4) is 0 Å². The zero-order chi connectivity index (χ0) is 19.2. The van der Waals surface area contributed by atoms with Gasteiger partial charge in [0.15, 0.2) is 0 Å². The van der Waals surface area contributed by atoms with Gasteiger partial charge in [-0.3, -0.25) is 4.79 Å². The van der Waals surface area contributed by atoms with E-state index in [0.29, 0.717) is 29.8 Å². The van der Waals surface area contributed by atoms with E-state index in [4.69, 9.17) is 0 Å². The van der Waals surface area contributed by atoms with E-state index in [1.54, 1.807) is 0 Å². The minimum absolute atomic E-state index is 0.376. The van der Waals surface area contributed by atoms with Crippen LogP contribution in [-0.4, -0.2) is 22.9 Å². The lowest BCUT2D eigenvalue weighted by molar-refractivity contribution is -0.135. The van der Waals surface area contributed by atoms with Gasteiger partial charge in [-0.25, -0.2) is 0 Å². The molecule has 160 valence electrons. The lowest BCUT2D eigenvalue weighted by atomic mass is 9.74. The van der Waals surface area contributed by atoms with E-state index in [-0.39, 0.29) is 0 Å². The minimum atomic E-state index is 0.376. The number of hydrogen-bond donors (Lipinski definition) is 0. The summed E-state index contributed by atoms with van der Waals surface area (Å²) in [5, 5.41) is 0. The standard InChI is InChI=1S/C26H45NO/c28-26-24-20-14-8-7-13-19-23(24)25(21-15-9-3-1-4-10-16-21)27(26)22-17-11-5-2-6-12-18-22/h21-25H,1-20H2. The third kappa shape index (κ3) is 4.78. The summed E-state index contributed by atoms with van der Waals surface area (Å²) < 4.78 is 0. The van der Waals surface area contributed by atoms with Crippen LogP contribution in [0.25, 0.3) is 0 Å². The first kappa shape index (κ1) is 20.7. The van der Waals surface area contributed by atoms with E-state index in [9.17, 15) is 4.79 Å². The third-order valence-electron chi connectivity index (χ3n) is 8.75. The maximum Gasteiger partial charge on any atom is 0.226 e. The molecule has 3 unspecified atom stereocenters. The quantitative estimate of drug-likeness (QED) is 0.488. The second kappa shape index (κ2) is 10.5. The molecule has 28 heavy (non-hydrogen) atoms. The van der Waals surface area contributed by atoms with Crippen LogP contribution < -0.4 is 0 Å². The summed E-state index contributed by atoms with van der Waals surface area (Å²) in [5.41, 5.74) is 0. The zero-order valence-electron chi connectivity index (χ0n) is 18.4. The van der Waals surface area contributed by atoms with Gasteiger partial charge in [-0.2, -0.15) is 0 Å². The van der Waals surface area contributed by atoms with Gasteiger partial charge in [-0.1, -0.05) is 89.9 Å². The Balaban J connectivity index is 1.60. The molecule has 1 heterocycles. The largest absolute Gasteiger partial charge is 0.336 e. The average Bonchev–Trinajstić information content (AvgIpc) is 2.86. The molecule has 1 saturated heterocycles. The normalized spacial score (nSPS) is 35.2. The molecule has 4 rings (SSSR count). The maximum absolute atomic E-state index is 13.8. The van der Waals surface area contributed by atoms with E-state index in [0.717, 1.165) is 5.92 Å². The Labute approximate surface area is 174 Å². The molecule has 2 heteroatoms. The van der Waals surface area contributed by atoms with Crippen molar-refractivity contribution < 1.29 is 4.79 Å². The van der Waals surface area contributed by atoms with Crippen molar-refractivity contribution in [2.24, 2.45) is 17.8 Å². The average molecular weight is 388 g/mol. The summed E-state index contributed by atoms with van der Waals surface area (Å²) in [5.74, 6) is 2.46. The van der Waals surface area contributed by atoms with Crippen LogP contribution in [0.2, 0.25) is 0 Å². The van der Waals surface area contributed by atoms with Gasteiger partial charge < -0.3 is 4.90 Å². The SMILES string of the molecule is O=C1C2CCCCCCC2C(C2CCCCCCC2)N1C1CCCCCCC1. The smallest absolute Gasteiger partial charge is 0.226 e. The summed E-state index contributed by atoms with van der Waals surface area (Å²) in [4.78, 5) is 16.4. The summed E-state index contributed by atoms with van der Waals surface area (Å²) >= 11 is 0. The Kier molecular flexibility index (Phi) is 7.76. The number of carbonyl (C=O) groups excluding carboxylic acids is 1. The molecule has 1 amide bonds. The van der Waals surface area contributed by atoms with Gasteiger partial charge in [0.1, 0.15) is 0 Å². The third-order valence-corrected chi connectivity index (χ3v) is 8.75. The molecule has 0 N–H and O–H groups in total. The number of hydrogen-bond acceptors (Lipinski definition) is 1. The van der Waals surface area contributed by atoms with Gasteiger partial charge in [0.05, 0.1) is 0 Å². The molecule has 4 aliphatic rings. The lowest BCUT2D eigenvalue weighted by Crippen LogP contribution is -2.47. The number of nitrogens with zero attached hydrogens (tertiary/aromatic N) is 1. The van der Waals surface area contributed by atoms with Crippen molar-refractivity contribution in [3.05, 3.63) is 0 Å². The second-order valence-electron chi connectivity index (χ2n) is 10.6. The first-order valence-corrected chi connectivity index (χ1v) is 13.2. The Morgan fingerprint density at radius 2 is 1.00 bits per heavy atom. The van der Waals surface area contributed by atoms with Gasteiger partial charge in [0, 0.05) is 18.0 Å². The maximum atomic E-state index is 13.8. The van der Waals surface area contributed by atoms with Crippen LogP contribution in [-0.2, 0) is 4.79 Å². The van der Waals surface area contributed by atoms with Crippen molar-refractivity contribution in [3.63, 3.8) is 0 Å². The van der Waals surface area contributed by atoms with Gasteiger partial charge in [0.25, 0.3) is 0 Å². The highest BCUT2D eigenvalue weighted by molar-refractivity contribution is 5.82. The molecule has 0 aromatic carbocycles. The highest BCUT2D eigenvalue weighted by atomic mass is 16.2. The Morgan fingerprint density at radius 1 is 0.536 bits per heavy atom. The van der Waals surface area contributed by atoms with Crippen LogP contribution in [0.5, 0.6) is 0 Å². The monoisotopic (exact) mass is 387 g/mol. The van der Waals surface area contributed by atoms with Crippen molar-refractivity contribution in [2.45, 2.75) is 141 Å². The Hall–Kier alpha value is -0.530. The first-order chi connectivity index (χ1) is 13.9. The van der Waals surface area contributed by atoms with Gasteiger partial charge in [-0.05, 0) is 50.4 Å². The van der Waals surface area contributed by atoms with Crippen LogP contribution in [0.4, 0.5) is 0 Å². The van der Waals surface area contributed by atoms with E-state index in [2.05, 4.69) is 4.90 Å². The highest BCUT2D eigenvalue weighted by Crippen LogP contribution is 2.47. The molecule has 0 spiro atoms. The summed E-state index contributed by atoms with van der Waals surface area (Å²) in [6.07, 6.45) is 27.3. The van der Waals surface area contributed by atoms with Crippen LogP contribution >= 0.6 is 0 Å². The summed E-state index contributed by atoms with van der Waals surface area (Å²) in [6.45, 7) is 0. The highest BCUT2D eigenvalue weighted by Gasteiger charge is 2.51. The fraction of sp³-hybridized carbons (Fsp3) is 0.962.